The average Bonchev–Trinajstić information content (AvgIpc) is 3.32. The molecule has 1 atom stereocenters. The quantitative estimate of drug-likeness (QED) is 0.381. The van der Waals surface area contributed by atoms with Crippen molar-refractivity contribution in [3.63, 3.8) is 0 Å². The Bertz CT molecular complexity index is 1170. The molecule has 1 saturated heterocycles. The number of hydrogen-bond acceptors (Lipinski definition) is 4. The summed E-state index contributed by atoms with van der Waals surface area (Å²) in [5.41, 5.74) is -0.149. The molecular formula is C19H13Cl3F3N3O2S. The fraction of sp³-hybridized carbons (Fsp3) is 0.263. The molecule has 1 aliphatic rings. The number of carbonyl (C=O) groups is 1. The van der Waals surface area contributed by atoms with Crippen LogP contribution in [0.3, 0.4) is 0 Å². The molecule has 12 heteroatoms. The second-order valence-corrected chi connectivity index (χ2v) is 9.01. The molecule has 31 heavy (non-hydrogen) atoms. The zero-order chi connectivity index (χ0) is 22.5. The monoisotopic (exact) mass is 509 g/mol. The van der Waals surface area contributed by atoms with Gasteiger partial charge in [-0.05, 0) is 18.2 Å². The predicted molar refractivity (Wildman–Crippen MR) is 115 cm³/mol. The molecule has 3 aromatic rings. The van der Waals surface area contributed by atoms with E-state index in [1.54, 1.807) is 18.2 Å². The number of carbonyl (C=O) groups excluding carboxylic acids is 1. The van der Waals surface area contributed by atoms with Crippen LogP contribution >= 0.6 is 46.6 Å². The van der Waals surface area contributed by atoms with Crippen LogP contribution in [0.2, 0.25) is 15.1 Å². The summed E-state index contributed by atoms with van der Waals surface area (Å²) in [6.07, 6.45) is -4.31. The van der Waals surface area contributed by atoms with Crippen LogP contribution in [-0.4, -0.2) is 39.8 Å². The molecule has 1 fully saturated rings. The fourth-order valence-corrected chi connectivity index (χ4v) is 5.50. The van der Waals surface area contributed by atoms with Crippen LogP contribution in [0.1, 0.15) is 16.6 Å². The van der Waals surface area contributed by atoms with E-state index in [4.69, 9.17) is 39.5 Å². The van der Waals surface area contributed by atoms with E-state index in [2.05, 4.69) is 4.98 Å². The molecule has 0 radical (unpaired) electrons. The molecule has 1 aromatic carbocycles. The molecule has 0 N–H and O–H groups in total. The Hall–Kier alpha value is -1.81. The number of thioether (sulfide) groups is 1. The van der Waals surface area contributed by atoms with Gasteiger partial charge in [0.15, 0.2) is 0 Å². The van der Waals surface area contributed by atoms with Gasteiger partial charge in [-0.1, -0.05) is 40.9 Å². The first-order valence-electron chi connectivity index (χ1n) is 8.82. The van der Waals surface area contributed by atoms with Gasteiger partial charge in [-0.2, -0.15) is 13.2 Å². The minimum Gasteiger partial charge on any atom is -0.453 e. The summed E-state index contributed by atoms with van der Waals surface area (Å²) in [6.45, 7) is 0.390. The summed E-state index contributed by atoms with van der Waals surface area (Å²) in [6, 6.07) is 5.57. The SMILES string of the molecule is COC(=O)N1CCSC1c1nc(-c2c(Cl)cccc2Cl)n2cc(C(F)(F)F)cc(Cl)c12. The van der Waals surface area contributed by atoms with Gasteiger partial charge in [0.2, 0.25) is 0 Å². The fourth-order valence-electron chi connectivity index (χ4n) is 3.41. The van der Waals surface area contributed by atoms with Crippen LogP contribution < -0.4 is 0 Å². The van der Waals surface area contributed by atoms with E-state index in [-0.39, 0.29) is 32.0 Å². The van der Waals surface area contributed by atoms with E-state index >= 15 is 0 Å². The van der Waals surface area contributed by atoms with E-state index < -0.39 is 23.2 Å². The van der Waals surface area contributed by atoms with Crippen LogP contribution in [0.4, 0.5) is 18.0 Å². The third kappa shape index (κ3) is 3.92. The molecule has 5 nitrogen and oxygen atoms in total. The van der Waals surface area contributed by atoms with Crippen molar-refractivity contribution in [3.8, 4) is 11.4 Å². The first-order valence-corrected chi connectivity index (χ1v) is 11.0. The first-order chi connectivity index (χ1) is 14.6. The van der Waals surface area contributed by atoms with E-state index in [9.17, 15) is 18.0 Å². The third-order valence-electron chi connectivity index (χ3n) is 4.76. The summed E-state index contributed by atoms with van der Waals surface area (Å²) < 4.78 is 46.5. The number of pyridine rings is 1. The summed E-state index contributed by atoms with van der Waals surface area (Å²) in [7, 11) is 1.26. The van der Waals surface area contributed by atoms with Crippen LogP contribution in [0.15, 0.2) is 30.5 Å². The lowest BCUT2D eigenvalue weighted by molar-refractivity contribution is -0.137. The summed E-state index contributed by atoms with van der Waals surface area (Å²) in [4.78, 5) is 18.3. The topological polar surface area (TPSA) is 46.8 Å². The molecule has 1 aliphatic heterocycles. The maximum Gasteiger partial charge on any atom is 0.417 e. The van der Waals surface area contributed by atoms with Gasteiger partial charge in [-0.3, -0.25) is 9.30 Å². The molecule has 0 aliphatic carbocycles. The number of alkyl halides is 3. The van der Waals surface area contributed by atoms with Crippen LogP contribution in [0.25, 0.3) is 16.9 Å². The number of hydrogen-bond donors (Lipinski definition) is 0. The minimum absolute atomic E-state index is 0.0888. The zero-order valence-corrected chi connectivity index (χ0v) is 18.8. The van der Waals surface area contributed by atoms with Crippen molar-refractivity contribution >= 4 is 58.2 Å². The van der Waals surface area contributed by atoms with E-state index in [1.807, 2.05) is 0 Å². The lowest BCUT2D eigenvalue weighted by Gasteiger charge is -2.21. The molecule has 2 aromatic heterocycles. The number of benzene rings is 1. The van der Waals surface area contributed by atoms with Crippen molar-refractivity contribution in [2.45, 2.75) is 11.6 Å². The van der Waals surface area contributed by atoms with Crippen molar-refractivity contribution in [2.75, 3.05) is 19.4 Å². The Morgan fingerprint density at radius 1 is 1.23 bits per heavy atom. The Morgan fingerprint density at radius 2 is 1.90 bits per heavy atom. The number of fused-ring (bicyclic) bond motifs is 1. The number of imidazole rings is 1. The standard InChI is InChI=1S/C19H13Cl3F3N3O2S/c1-30-18(29)27-5-6-31-17(27)14-15-12(22)7-9(19(23,24)25)8-28(15)16(26-14)13-10(20)3-2-4-11(13)21/h2-4,7-8,17H,5-6H2,1H3. The third-order valence-corrected chi connectivity index (χ3v) is 6.89. The van der Waals surface area contributed by atoms with Crippen molar-refractivity contribution < 1.29 is 22.7 Å². The average molecular weight is 511 g/mol. The Morgan fingerprint density at radius 3 is 2.52 bits per heavy atom. The highest BCUT2D eigenvalue weighted by molar-refractivity contribution is 7.99. The van der Waals surface area contributed by atoms with E-state index in [0.717, 1.165) is 12.3 Å². The summed E-state index contributed by atoms with van der Waals surface area (Å²) >= 11 is 20.4. The predicted octanol–water partition coefficient (Wildman–Crippen LogP) is 6.79. The van der Waals surface area contributed by atoms with Gasteiger partial charge in [-0.15, -0.1) is 11.8 Å². The van der Waals surface area contributed by atoms with E-state index in [0.29, 0.717) is 18.0 Å². The normalized spacial score (nSPS) is 16.9. The number of methoxy groups -OCH3 is 1. The maximum atomic E-state index is 13.5. The molecule has 3 heterocycles. The number of amides is 1. The summed E-state index contributed by atoms with van der Waals surface area (Å²) in [5, 5.41) is -0.345. The van der Waals surface area contributed by atoms with Gasteiger partial charge in [0, 0.05) is 18.5 Å². The van der Waals surface area contributed by atoms with Crippen molar-refractivity contribution in [3.05, 3.63) is 56.8 Å². The van der Waals surface area contributed by atoms with Crippen LogP contribution in [-0.2, 0) is 10.9 Å². The van der Waals surface area contributed by atoms with Crippen molar-refractivity contribution in [1.29, 1.82) is 0 Å². The van der Waals surface area contributed by atoms with Gasteiger partial charge in [0.25, 0.3) is 0 Å². The van der Waals surface area contributed by atoms with Gasteiger partial charge < -0.3 is 4.74 Å². The Kier molecular flexibility index (Phi) is 5.97. The first kappa shape index (κ1) is 22.4. The smallest absolute Gasteiger partial charge is 0.417 e. The number of rotatable bonds is 2. The lowest BCUT2D eigenvalue weighted by atomic mass is 10.2. The second kappa shape index (κ2) is 8.27. The highest BCUT2D eigenvalue weighted by Crippen LogP contribution is 2.45. The van der Waals surface area contributed by atoms with Gasteiger partial charge in [0.05, 0.1) is 38.8 Å². The number of ether oxygens (including phenoxy) is 1. The zero-order valence-electron chi connectivity index (χ0n) is 15.7. The van der Waals surface area contributed by atoms with Gasteiger partial charge in [-0.25, -0.2) is 9.78 Å². The van der Waals surface area contributed by atoms with Crippen molar-refractivity contribution in [1.82, 2.24) is 14.3 Å². The molecule has 0 saturated carbocycles. The molecule has 164 valence electrons. The Labute approximate surface area is 194 Å². The highest BCUT2D eigenvalue weighted by Gasteiger charge is 2.38. The molecule has 4 rings (SSSR count). The highest BCUT2D eigenvalue weighted by atomic mass is 35.5. The van der Waals surface area contributed by atoms with Crippen LogP contribution in [0.5, 0.6) is 0 Å². The van der Waals surface area contributed by atoms with Gasteiger partial charge in [0.1, 0.15) is 16.9 Å². The molecule has 0 spiro atoms. The molecular weight excluding hydrogens is 498 g/mol. The summed E-state index contributed by atoms with van der Waals surface area (Å²) in [5.74, 6) is 0.685. The minimum atomic E-state index is -4.63. The number of halogens is 6. The largest absolute Gasteiger partial charge is 0.453 e. The second-order valence-electron chi connectivity index (χ2n) is 6.60. The molecule has 1 unspecified atom stereocenters. The molecule has 1 amide bonds. The number of aromatic nitrogens is 2. The van der Waals surface area contributed by atoms with Crippen LogP contribution in [0, 0.1) is 0 Å². The lowest BCUT2D eigenvalue weighted by Crippen LogP contribution is -2.30. The Balaban J connectivity index is 2.04. The van der Waals surface area contributed by atoms with Crippen molar-refractivity contribution in [2.24, 2.45) is 0 Å². The number of nitrogens with zero attached hydrogens (tertiary/aromatic N) is 3. The van der Waals surface area contributed by atoms with Gasteiger partial charge >= 0.3 is 12.3 Å². The maximum absolute atomic E-state index is 13.5. The molecule has 0 bridgehead atoms. The van der Waals surface area contributed by atoms with E-state index in [1.165, 1.54) is 28.2 Å².